The fourth-order valence-corrected chi connectivity index (χ4v) is 8.91. The highest BCUT2D eigenvalue weighted by atomic mass is 32.2. The highest BCUT2D eigenvalue weighted by Crippen LogP contribution is 2.66. The minimum Gasteiger partial charge on any atom is -0.396 e. The maximum Gasteiger partial charge on any atom is 0.248 e. The molecule has 3 aliphatic heterocycles. The molecule has 3 amide bonds. The van der Waals surface area contributed by atoms with E-state index in [-0.39, 0.29) is 36.1 Å². The van der Waals surface area contributed by atoms with Crippen molar-refractivity contribution in [2.75, 3.05) is 36.5 Å². The Labute approximate surface area is 234 Å². The molecule has 2 unspecified atom stereocenters. The number of amides is 3. The first kappa shape index (κ1) is 27.5. The number of fused-ring (bicyclic) bond motifs is 1. The zero-order valence-electron chi connectivity index (χ0n) is 22.6. The minimum absolute atomic E-state index is 0.0124. The fourth-order valence-electron chi connectivity index (χ4n) is 6.69. The quantitative estimate of drug-likeness (QED) is 0.397. The lowest BCUT2D eigenvalue weighted by Gasteiger charge is -2.34. The van der Waals surface area contributed by atoms with Gasteiger partial charge in [0.25, 0.3) is 0 Å². The Balaban J connectivity index is 1.37. The van der Waals surface area contributed by atoms with E-state index in [0.717, 1.165) is 37.2 Å². The second-order valence-corrected chi connectivity index (χ2v) is 12.2. The van der Waals surface area contributed by atoms with Crippen molar-refractivity contribution in [3.8, 4) is 0 Å². The maximum absolute atomic E-state index is 13.9. The second kappa shape index (κ2) is 11.6. The van der Waals surface area contributed by atoms with Crippen molar-refractivity contribution in [1.29, 1.82) is 0 Å². The largest absolute Gasteiger partial charge is 0.396 e. The standard InChI is InChI=1S/C30H38N4O4S/c1-3-33(4-2)22-13-11-21(12-14-22)32-28(37)26-30-16-15-23(39-30)24(25(30)29(38)34(26)17-8-18-35)27(36)31-19-20-9-6-5-7-10-20/h5-7,9-14,23-26,35H,3-4,8,15-19H2,1-2H3,(H,31,36)(H,32,37)/t23-,24+,25-,26?,30?/m0/s1. The Morgan fingerprint density at radius 3 is 2.46 bits per heavy atom. The summed E-state index contributed by atoms with van der Waals surface area (Å²) in [6, 6.07) is 16.8. The SMILES string of the molecule is CCN(CC)c1ccc(NC(=O)C2N(CCCO)C(=O)[C@@H]3[C@H](C(=O)NCc4ccccc4)[C@@H]4CCC23S4)cc1. The van der Waals surface area contributed by atoms with E-state index in [1.807, 2.05) is 54.6 Å². The third-order valence-corrected chi connectivity index (χ3v) is 10.4. The number of nitrogens with one attached hydrogen (secondary N) is 2. The van der Waals surface area contributed by atoms with Crippen LogP contribution in [0.1, 0.15) is 38.7 Å². The predicted octanol–water partition coefficient (Wildman–Crippen LogP) is 3.26. The first-order valence-corrected chi connectivity index (χ1v) is 14.9. The van der Waals surface area contributed by atoms with Gasteiger partial charge in [0.2, 0.25) is 17.7 Å². The molecule has 0 aliphatic carbocycles. The van der Waals surface area contributed by atoms with E-state index in [2.05, 4.69) is 29.4 Å². The van der Waals surface area contributed by atoms with Crippen molar-refractivity contribution in [2.24, 2.45) is 11.8 Å². The minimum atomic E-state index is -0.689. The van der Waals surface area contributed by atoms with Gasteiger partial charge in [-0.1, -0.05) is 30.3 Å². The zero-order valence-corrected chi connectivity index (χ0v) is 23.5. The van der Waals surface area contributed by atoms with Crippen molar-refractivity contribution in [1.82, 2.24) is 10.2 Å². The van der Waals surface area contributed by atoms with Crippen LogP contribution in [0.2, 0.25) is 0 Å². The second-order valence-electron chi connectivity index (χ2n) is 10.6. The summed E-state index contributed by atoms with van der Waals surface area (Å²) >= 11 is 1.65. The van der Waals surface area contributed by atoms with E-state index < -0.39 is 22.6 Å². The number of nitrogens with zero attached hydrogens (tertiary/aromatic N) is 2. The molecule has 5 atom stereocenters. The molecule has 39 heavy (non-hydrogen) atoms. The molecule has 2 aromatic rings. The van der Waals surface area contributed by atoms with Gasteiger partial charge in [0.1, 0.15) is 6.04 Å². The Kier molecular flexibility index (Phi) is 8.19. The van der Waals surface area contributed by atoms with Gasteiger partial charge in [-0.2, -0.15) is 0 Å². The lowest BCUT2D eigenvalue weighted by Crippen LogP contribution is -2.52. The normalized spacial score (nSPS) is 26.9. The molecule has 3 heterocycles. The lowest BCUT2D eigenvalue weighted by molar-refractivity contribution is -0.139. The number of benzene rings is 2. The van der Waals surface area contributed by atoms with Gasteiger partial charge in [-0.15, -0.1) is 11.8 Å². The molecule has 0 aromatic heterocycles. The van der Waals surface area contributed by atoms with Gasteiger partial charge in [0.05, 0.1) is 16.6 Å². The van der Waals surface area contributed by atoms with E-state index in [4.69, 9.17) is 0 Å². The van der Waals surface area contributed by atoms with Crippen LogP contribution in [0.15, 0.2) is 54.6 Å². The van der Waals surface area contributed by atoms with Crippen molar-refractivity contribution >= 4 is 40.9 Å². The summed E-state index contributed by atoms with van der Waals surface area (Å²) in [7, 11) is 0. The topological polar surface area (TPSA) is 102 Å². The van der Waals surface area contributed by atoms with Crippen LogP contribution >= 0.6 is 11.8 Å². The smallest absolute Gasteiger partial charge is 0.248 e. The van der Waals surface area contributed by atoms with Crippen LogP contribution in [0.3, 0.4) is 0 Å². The number of anilines is 2. The van der Waals surface area contributed by atoms with E-state index in [0.29, 0.717) is 18.7 Å². The molecule has 3 saturated heterocycles. The molecule has 2 bridgehead atoms. The van der Waals surface area contributed by atoms with E-state index in [1.165, 1.54) is 0 Å². The molecule has 9 heteroatoms. The van der Waals surface area contributed by atoms with Gasteiger partial charge in [0, 0.05) is 49.4 Å². The van der Waals surface area contributed by atoms with Crippen LogP contribution in [0.4, 0.5) is 11.4 Å². The number of likely N-dealkylation sites (tertiary alicyclic amines) is 1. The highest BCUT2D eigenvalue weighted by molar-refractivity contribution is 8.02. The van der Waals surface area contributed by atoms with Crippen LogP contribution in [-0.2, 0) is 20.9 Å². The number of rotatable bonds is 11. The summed E-state index contributed by atoms with van der Waals surface area (Å²) in [5, 5.41) is 15.7. The summed E-state index contributed by atoms with van der Waals surface area (Å²) in [5.41, 5.74) is 2.77. The molecule has 3 N–H and O–H groups in total. The molecule has 0 saturated carbocycles. The molecule has 0 radical (unpaired) electrons. The van der Waals surface area contributed by atoms with E-state index in [9.17, 15) is 19.5 Å². The summed E-state index contributed by atoms with van der Waals surface area (Å²) in [4.78, 5) is 45.1. The molecule has 3 aliphatic rings. The Morgan fingerprint density at radius 1 is 1.08 bits per heavy atom. The molecule has 1 spiro atoms. The summed E-state index contributed by atoms with van der Waals surface area (Å²) in [5.74, 6) is -1.50. The van der Waals surface area contributed by atoms with Gasteiger partial charge in [-0.25, -0.2) is 0 Å². The van der Waals surface area contributed by atoms with Crippen LogP contribution in [0.25, 0.3) is 0 Å². The predicted molar refractivity (Wildman–Crippen MR) is 154 cm³/mol. The lowest BCUT2D eigenvalue weighted by atomic mass is 9.70. The first-order chi connectivity index (χ1) is 18.9. The number of aliphatic hydroxyl groups is 1. The third kappa shape index (κ3) is 5.02. The molecular weight excluding hydrogens is 512 g/mol. The van der Waals surface area contributed by atoms with Gasteiger partial charge in [-0.05, 0) is 62.9 Å². The Morgan fingerprint density at radius 2 is 1.79 bits per heavy atom. The number of thioether (sulfide) groups is 1. The molecule has 8 nitrogen and oxygen atoms in total. The van der Waals surface area contributed by atoms with Crippen molar-refractivity contribution < 1.29 is 19.5 Å². The van der Waals surface area contributed by atoms with E-state index in [1.54, 1.807) is 16.7 Å². The van der Waals surface area contributed by atoms with Crippen molar-refractivity contribution in [3.05, 3.63) is 60.2 Å². The van der Waals surface area contributed by atoms with Crippen LogP contribution in [-0.4, -0.2) is 70.0 Å². The van der Waals surface area contributed by atoms with Gasteiger partial charge >= 0.3 is 0 Å². The van der Waals surface area contributed by atoms with Gasteiger partial charge in [0.15, 0.2) is 0 Å². The highest BCUT2D eigenvalue weighted by Gasteiger charge is 2.73. The summed E-state index contributed by atoms with van der Waals surface area (Å²) in [6.45, 7) is 6.63. The zero-order chi connectivity index (χ0) is 27.6. The molecule has 2 aromatic carbocycles. The number of aliphatic hydroxyl groups excluding tert-OH is 1. The van der Waals surface area contributed by atoms with Gasteiger partial charge < -0.3 is 25.5 Å². The number of hydrogen-bond donors (Lipinski definition) is 3. The number of carbonyl (C=O) groups is 3. The Hall–Kier alpha value is -3.04. The third-order valence-electron chi connectivity index (χ3n) is 8.48. The number of hydrogen-bond acceptors (Lipinski definition) is 6. The van der Waals surface area contributed by atoms with Crippen molar-refractivity contribution in [2.45, 2.75) is 55.7 Å². The van der Waals surface area contributed by atoms with Crippen LogP contribution in [0.5, 0.6) is 0 Å². The first-order valence-electron chi connectivity index (χ1n) is 14.0. The summed E-state index contributed by atoms with van der Waals surface area (Å²) < 4.78 is -0.642. The fraction of sp³-hybridized carbons (Fsp3) is 0.500. The monoisotopic (exact) mass is 550 g/mol. The summed E-state index contributed by atoms with van der Waals surface area (Å²) in [6.07, 6.45) is 1.90. The van der Waals surface area contributed by atoms with E-state index >= 15 is 0 Å². The molecular formula is C30H38N4O4S. The average Bonchev–Trinajstić information content (AvgIpc) is 3.60. The average molecular weight is 551 g/mol. The van der Waals surface area contributed by atoms with Crippen LogP contribution in [0, 0.1) is 11.8 Å². The van der Waals surface area contributed by atoms with Gasteiger partial charge in [-0.3, -0.25) is 14.4 Å². The Bertz CT molecular complexity index is 1190. The number of carbonyl (C=O) groups excluding carboxylic acids is 3. The van der Waals surface area contributed by atoms with Crippen LogP contribution < -0.4 is 15.5 Å². The maximum atomic E-state index is 13.9. The van der Waals surface area contributed by atoms with Crippen molar-refractivity contribution in [3.63, 3.8) is 0 Å². The molecule has 208 valence electrons. The molecule has 5 rings (SSSR count). The molecule has 3 fully saturated rings.